The van der Waals surface area contributed by atoms with E-state index in [1.54, 1.807) is 6.92 Å². The van der Waals surface area contributed by atoms with E-state index in [9.17, 15) is 9.59 Å². The first kappa shape index (κ1) is 15.5. The highest BCUT2D eigenvalue weighted by molar-refractivity contribution is 5.77. The van der Waals surface area contributed by atoms with Crippen LogP contribution < -0.4 is 5.56 Å². The van der Waals surface area contributed by atoms with Crippen molar-refractivity contribution in [3.05, 3.63) is 63.8 Å². The van der Waals surface area contributed by atoms with E-state index < -0.39 is 0 Å². The minimum atomic E-state index is -0.156. The standard InChI is InChI=1S/C18H21N3O2/c1-13-12-16(22)20-18(19-13)15-8-5-11-21(15)17(23)10-9-14-6-3-2-4-7-14/h2-4,6-7,12,15H,5,8-11H2,1H3,(H,19,20,22). The van der Waals surface area contributed by atoms with E-state index in [-0.39, 0.29) is 17.5 Å². The van der Waals surface area contributed by atoms with Gasteiger partial charge in [-0.2, -0.15) is 0 Å². The number of nitrogens with zero attached hydrogens (tertiary/aromatic N) is 2. The lowest BCUT2D eigenvalue weighted by Crippen LogP contribution is -2.32. The van der Waals surface area contributed by atoms with E-state index in [4.69, 9.17) is 0 Å². The molecule has 1 N–H and O–H groups in total. The Bertz CT molecular complexity index is 739. The predicted octanol–water partition coefficient (Wildman–Crippen LogP) is 2.37. The summed E-state index contributed by atoms with van der Waals surface area (Å²) in [6.45, 7) is 2.53. The number of nitrogens with one attached hydrogen (secondary N) is 1. The van der Waals surface area contributed by atoms with Crippen molar-refractivity contribution in [2.75, 3.05) is 6.54 Å². The van der Waals surface area contributed by atoms with E-state index in [1.165, 1.54) is 11.6 Å². The zero-order chi connectivity index (χ0) is 16.2. The van der Waals surface area contributed by atoms with Crippen molar-refractivity contribution in [1.82, 2.24) is 14.9 Å². The predicted molar refractivity (Wildman–Crippen MR) is 88.0 cm³/mol. The molecule has 23 heavy (non-hydrogen) atoms. The molecule has 1 atom stereocenters. The van der Waals surface area contributed by atoms with Gasteiger partial charge in [0, 0.05) is 24.7 Å². The maximum atomic E-state index is 12.6. The van der Waals surface area contributed by atoms with Gasteiger partial charge in [0.25, 0.3) is 5.56 Å². The van der Waals surface area contributed by atoms with Gasteiger partial charge in [-0.25, -0.2) is 4.98 Å². The second kappa shape index (κ2) is 6.77. The number of hydrogen-bond acceptors (Lipinski definition) is 3. The molecule has 1 fully saturated rings. The Labute approximate surface area is 135 Å². The maximum Gasteiger partial charge on any atom is 0.251 e. The third-order valence-corrected chi connectivity index (χ3v) is 4.25. The summed E-state index contributed by atoms with van der Waals surface area (Å²) in [6, 6.07) is 11.4. The fourth-order valence-electron chi connectivity index (χ4n) is 3.15. The highest BCUT2D eigenvalue weighted by atomic mass is 16.2. The normalized spacial score (nSPS) is 17.4. The molecule has 1 aliphatic rings. The zero-order valence-corrected chi connectivity index (χ0v) is 13.3. The Morgan fingerprint density at radius 1 is 1.35 bits per heavy atom. The molecule has 5 nitrogen and oxygen atoms in total. The van der Waals surface area contributed by atoms with Crippen LogP contribution in [-0.4, -0.2) is 27.3 Å². The number of amides is 1. The summed E-state index contributed by atoms with van der Waals surface area (Å²) in [5.74, 6) is 0.737. The highest BCUT2D eigenvalue weighted by Crippen LogP contribution is 2.30. The van der Waals surface area contributed by atoms with E-state index in [2.05, 4.69) is 9.97 Å². The molecule has 1 aromatic carbocycles. The third-order valence-electron chi connectivity index (χ3n) is 4.25. The third kappa shape index (κ3) is 3.67. The van der Waals surface area contributed by atoms with Crippen molar-refractivity contribution in [2.24, 2.45) is 0 Å². The van der Waals surface area contributed by atoms with Gasteiger partial charge in [0.2, 0.25) is 5.91 Å². The van der Waals surface area contributed by atoms with Gasteiger partial charge in [-0.3, -0.25) is 9.59 Å². The quantitative estimate of drug-likeness (QED) is 0.942. The molecule has 1 saturated heterocycles. The average molecular weight is 311 g/mol. The van der Waals surface area contributed by atoms with Crippen molar-refractivity contribution >= 4 is 5.91 Å². The Kier molecular flexibility index (Phi) is 4.55. The van der Waals surface area contributed by atoms with Crippen LogP contribution in [-0.2, 0) is 11.2 Å². The summed E-state index contributed by atoms with van der Waals surface area (Å²) in [6.07, 6.45) is 3.01. The monoisotopic (exact) mass is 311 g/mol. The molecule has 2 aromatic rings. The summed E-state index contributed by atoms with van der Waals surface area (Å²) in [5, 5.41) is 0. The van der Waals surface area contributed by atoms with Gasteiger partial charge in [0.05, 0.1) is 6.04 Å². The Morgan fingerprint density at radius 3 is 2.87 bits per heavy atom. The molecule has 0 aliphatic carbocycles. The number of carbonyl (C=O) groups is 1. The van der Waals surface area contributed by atoms with Crippen molar-refractivity contribution in [2.45, 2.75) is 38.6 Å². The van der Waals surface area contributed by atoms with Crippen LogP contribution in [0.4, 0.5) is 0 Å². The molecule has 3 rings (SSSR count). The number of H-pyrrole nitrogens is 1. The smallest absolute Gasteiger partial charge is 0.251 e. The molecular weight excluding hydrogens is 290 g/mol. The van der Waals surface area contributed by atoms with Crippen LogP contribution in [0.25, 0.3) is 0 Å². The van der Waals surface area contributed by atoms with Crippen LogP contribution in [0.3, 0.4) is 0 Å². The number of aromatic nitrogens is 2. The van der Waals surface area contributed by atoms with Gasteiger partial charge in [-0.05, 0) is 31.7 Å². The number of hydrogen-bond donors (Lipinski definition) is 1. The fourth-order valence-corrected chi connectivity index (χ4v) is 3.15. The topological polar surface area (TPSA) is 66.1 Å². The molecule has 5 heteroatoms. The Morgan fingerprint density at radius 2 is 2.13 bits per heavy atom. The number of benzene rings is 1. The van der Waals surface area contributed by atoms with Gasteiger partial charge >= 0.3 is 0 Å². The highest BCUT2D eigenvalue weighted by Gasteiger charge is 2.31. The maximum absolute atomic E-state index is 12.6. The summed E-state index contributed by atoms with van der Waals surface area (Å²) in [5.41, 5.74) is 1.70. The minimum absolute atomic E-state index is 0.106. The molecule has 0 bridgehead atoms. The molecule has 0 saturated carbocycles. The second-order valence-electron chi connectivity index (χ2n) is 6.00. The summed E-state index contributed by atoms with van der Waals surface area (Å²) < 4.78 is 0. The SMILES string of the molecule is Cc1cc(=O)[nH]c(C2CCCN2C(=O)CCc2ccccc2)n1. The first-order valence-corrected chi connectivity index (χ1v) is 8.05. The fraction of sp³-hybridized carbons (Fsp3) is 0.389. The lowest BCUT2D eigenvalue weighted by molar-refractivity contribution is -0.132. The zero-order valence-electron chi connectivity index (χ0n) is 13.3. The lowest BCUT2D eigenvalue weighted by Gasteiger charge is -2.24. The molecule has 1 aliphatic heterocycles. The molecule has 0 radical (unpaired) electrons. The first-order chi connectivity index (χ1) is 11.1. The number of likely N-dealkylation sites (tertiary alicyclic amines) is 1. The van der Waals surface area contributed by atoms with Crippen LogP contribution in [0.2, 0.25) is 0 Å². The molecular formula is C18H21N3O2. The van der Waals surface area contributed by atoms with Crippen LogP contribution in [0.5, 0.6) is 0 Å². The number of aromatic amines is 1. The molecule has 0 spiro atoms. The minimum Gasteiger partial charge on any atom is -0.333 e. The van der Waals surface area contributed by atoms with Gasteiger partial charge in [-0.15, -0.1) is 0 Å². The van der Waals surface area contributed by atoms with Crippen LogP contribution >= 0.6 is 0 Å². The van der Waals surface area contributed by atoms with Crippen LogP contribution in [0.15, 0.2) is 41.2 Å². The van der Waals surface area contributed by atoms with Gasteiger partial charge in [0.1, 0.15) is 5.82 Å². The van der Waals surface area contributed by atoms with Gasteiger partial charge < -0.3 is 9.88 Å². The van der Waals surface area contributed by atoms with Crippen molar-refractivity contribution in [3.8, 4) is 0 Å². The number of rotatable bonds is 4. The number of carbonyl (C=O) groups excluding carboxylic acids is 1. The number of aryl methyl sites for hydroxylation is 2. The lowest BCUT2D eigenvalue weighted by atomic mass is 10.1. The van der Waals surface area contributed by atoms with Crippen molar-refractivity contribution in [3.63, 3.8) is 0 Å². The van der Waals surface area contributed by atoms with Gasteiger partial charge in [-0.1, -0.05) is 30.3 Å². The summed E-state index contributed by atoms with van der Waals surface area (Å²) >= 11 is 0. The Hall–Kier alpha value is -2.43. The molecule has 120 valence electrons. The van der Waals surface area contributed by atoms with E-state index in [1.807, 2.05) is 35.2 Å². The van der Waals surface area contributed by atoms with E-state index in [0.717, 1.165) is 25.8 Å². The van der Waals surface area contributed by atoms with Gasteiger partial charge in [0.15, 0.2) is 0 Å². The first-order valence-electron chi connectivity index (χ1n) is 8.05. The van der Waals surface area contributed by atoms with E-state index >= 15 is 0 Å². The van der Waals surface area contributed by atoms with E-state index in [0.29, 0.717) is 17.9 Å². The summed E-state index contributed by atoms with van der Waals surface area (Å²) in [7, 11) is 0. The molecule has 2 heterocycles. The molecule has 1 unspecified atom stereocenters. The van der Waals surface area contributed by atoms with Crippen LogP contribution in [0, 0.1) is 6.92 Å². The molecule has 1 aromatic heterocycles. The Balaban J connectivity index is 1.70. The van der Waals surface area contributed by atoms with Crippen molar-refractivity contribution < 1.29 is 4.79 Å². The average Bonchev–Trinajstić information content (AvgIpc) is 3.02. The van der Waals surface area contributed by atoms with Crippen molar-refractivity contribution in [1.29, 1.82) is 0 Å². The molecule has 1 amide bonds. The summed E-state index contributed by atoms with van der Waals surface area (Å²) in [4.78, 5) is 33.3. The largest absolute Gasteiger partial charge is 0.333 e. The second-order valence-corrected chi connectivity index (χ2v) is 6.00. The van der Waals surface area contributed by atoms with Crippen LogP contribution in [0.1, 0.15) is 42.4 Å².